The third kappa shape index (κ3) is 3.38. The number of hydrogen-bond donors (Lipinski definition) is 4. The lowest BCUT2D eigenvalue weighted by Crippen LogP contribution is -2.34. The molecule has 2 bridgehead atoms. The first-order chi connectivity index (χ1) is 15.2. The van der Waals surface area contributed by atoms with Crippen molar-refractivity contribution in [2.45, 2.75) is 64.2 Å². The SMILES string of the molecule is CCCC1(c2c(C)cccc2O)CC(c2ccc(O)cc2C)c2cc(O)cc(c2O)C1C. The molecule has 4 heteroatoms. The van der Waals surface area contributed by atoms with Crippen LogP contribution < -0.4 is 0 Å². The van der Waals surface area contributed by atoms with Gasteiger partial charge < -0.3 is 20.4 Å². The van der Waals surface area contributed by atoms with Crippen LogP contribution in [-0.2, 0) is 5.41 Å². The molecule has 0 spiro atoms. The molecule has 32 heavy (non-hydrogen) atoms. The van der Waals surface area contributed by atoms with E-state index >= 15 is 0 Å². The van der Waals surface area contributed by atoms with E-state index in [1.54, 1.807) is 30.3 Å². The minimum Gasteiger partial charge on any atom is -0.508 e. The minimum atomic E-state index is -0.459. The molecule has 0 radical (unpaired) electrons. The highest BCUT2D eigenvalue weighted by atomic mass is 16.3. The van der Waals surface area contributed by atoms with Crippen molar-refractivity contribution in [1.82, 2.24) is 0 Å². The Kier molecular flexibility index (Phi) is 5.58. The van der Waals surface area contributed by atoms with Crippen molar-refractivity contribution in [1.29, 1.82) is 0 Å². The molecule has 0 aromatic heterocycles. The van der Waals surface area contributed by atoms with Crippen LogP contribution in [-0.4, -0.2) is 20.4 Å². The maximum atomic E-state index is 11.4. The average molecular weight is 433 g/mol. The van der Waals surface area contributed by atoms with Crippen LogP contribution >= 0.6 is 0 Å². The van der Waals surface area contributed by atoms with Gasteiger partial charge in [-0.3, -0.25) is 0 Å². The summed E-state index contributed by atoms with van der Waals surface area (Å²) >= 11 is 0. The Balaban J connectivity index is 2.07. The summed E-state index contributed by atoms with van der Waals surface area (Å²) < 4.78 is 0. The molecule has 0 amide bonds. The maximum Gasteiger partial charge on any atom is 0.123 e. The highest BCUT2D eigenvalue weighted by Crippen LogP contribution is 2.59. The second-order valence-electron chi connectivity index (χ2n) is 9.37. The molecule has 3 aromatic carbocycles. The lowest BCUT2D eigenvalue weighted by molar-refractivity contribution is 0.284. The molecular formula is C28H32O4. The maximum absolute atomic E-state index is 11.4. The average Bonchev–Trinajstić information content (AvgIpc) is 2.77. The molecule has 3 atom stereocenters. The Morgan fingerprint density at radius 2 is 1.56 bits per heavy atom. The Hall–Kier alpha value is -3.14. The van der Waals surface area contributed by atoms with Crippen molar-refractivity contribution in [3.05, 3.63) is 81.9 Å². The van der Waals surface area contributed by atoms with Crippen LogP contribution in [0.5, 0.6) is 23.0 Å². The summed E-state index contributed by atoms with van der Waals surface area (Å²) in [5.74, 6) is 0.455. The van der Waals surface area contributed by atoms with Gasteiger partial charge in [0.1, 0.15) is 23.0 Å². The number of fused-ring (bicyclic) bond motifs is 2. The standard InChI is InChI=1S/C28H32O4/c1-5-11-28(26-16(2)7-6-8-25(26)31)15-24(21-10-9-19(29)12-17(21)3)23-14-20(30)13-22(18(28)4)27(23)32/h6-10,12-14,18,24,29-32H,5,11,15H2,1-4H3. The van der Waals surface area contributed by atoms with Crippen molar-refractivity contribution in [3.8, 4) is 23.0 Å². The molecular weight excluding hydrogens is 400 g/mol. The smallest absolute Gasteiger partial charge is 0.123 e. The van der Waals surface area contributed by atoms with Gasteiger partial charge >= 0.3 is 0 Å². The molecule has 0 fully saturated rings. The lowest BCUT2D eigenvalue weighted by Gasteiger charge is -2.42. The van der Waals surface area contributed by atoms with E-state index in [4.69, 9.17) is 0 Å². The number of phenolic OH excluding ortho intramolecular Hbond substituents is 4. The molecule has 168 valence electrons. The molecule has 0 saturated carbocycles. The third-order valence-electron chi connectivity index (χ3n) is 7.47. The Bertz CT molecular complexity index is 1150. The molecule has 0 heterocycles. The first kappa shape index (κ1) is 22.1. The highest BCUT2D eigenvalue weighted by Gasteiger charge is 2.47. The number of phenols is 4. The summed E-state index contributed by atoms with van der Waals surface area (Å²) in [6, 6.07) is 14.3. The zero-order valence-corrected chi connectivity index (χ0v) is 19.2. The summed E-state index contributed by atoms with van der Waals surface area (Å²) in [5.41, 5.74) is 4.79. The fourth-order valence-electron chi connectivity index (χ4n) is 6.04. The number of rotatable bonds is 4. The Labute approximate surface area is 189 Å². The zero-order valence-electron chi connectivity index (χ0n) is 19.2. The molecule has 0 saturated heterocycles. The fraction of sp³-hybridized carbons (Fsp3) is 0.357. The molecule has 4 rings (SSSR count). The van der Waals surface area contributed by atoms with E-state index in [0.717, 1.165) is 35.1 Å². The zero-order chi connectivity index (χ0) is 23.2. The molecule has 1 aliphatic rings. The summed E-state index contributed by atoms with van der Waals surface area (Å²) in [6.45, 7) is 8.21. The number of benzene rings is 3. The van der Waals surface area contributed by atoms with Gasteiger partial charge in [-0.15, -0.1) is 0 Å². The van der Waals surface area contributed by atoms with Gasteiger partial charge in [-0.1, -0.05) is 38.5 Å². The van der Waals surface area contributed by atoms with Crippen molar-refractivity contribution in [2.24, 2.45) is 0 Å². The van der Waals surface area contributed by atoms with Crippen LogP contribution in [0.25, 0.3) is 0 Å². The van der Waals surface area contributed by atoms with Gasteiger partial charge in [0.2, 0.25) is 0 Å². The normalized spacial score (nSPS) is 22.5. The minimum absolute atomic E-state index is 0.127. The molecule has 4 nitrogen and oxygen atoms in total. The van der Waals surface area contributed by atoms with Crippen LogP contribution in [0.15, 0.2) is 48.5 Å². The van der Waals surface area contributed by atoms with E-state index in [2.05, 4.69) is 13.8 Å². The molecule has 1 aliphatic carbocycles. The number of aromatic hydroxyl groups is 4. The number of hydrogen-bond acceptors (Lipinski definition) is 4. The van der Waals surface area contributed by atoms with E-state index in [0.29, 0.717) is 17.5 Å². The van der Waals surface area contributed by atoms with Crippen LogP contribution in [0.4, 0.5) is 0 Å². The quantitative estimate of drug-likeness (QED) is 0.355. The van der Waals surface area contributed by atoms with Crippen LogP contribution in [0.3, 0.4) is 0 Å². The number of aryl methyl sites for hydroxylation is 2. The first-order valence-corrected chi connectivity index (χ1v) is 11.3. The van der Waals surface area contributed by atoms with Gasteiger partial charge in [-0.2, -0.15) is 0 Å². The second kappa shape index (κ2) is 8.09. The third-order valence-corrected chi connectivity index (χ3v) is 7.47. The largest absolute Gasteiger partial charge is 0.508 e. The van der Waals surface area contributed by atoms with Crippen LogP contribution in [0.2, 0.25) is 0 Å². The topological polar surface area (TPSA) is 80.9 Å². The summed E-state index contributed by atoms with van der Waals surface area (Å²) in [7, 11) is 0. The molecule has 0 aliphatic heterocycles. The van der Waals surface area contributed by atoms with Gasteiger partial charge in [0.25, 0.3) is 0 Å². The summed E-state index contributed by atoms with van der Waals surface area (Å²) in [4.78, 5) is 0. The van der Waals surface area contributed by atoms with Gasteiger partial charge in [0, 0.05) is 28.0 Å². The van der Waals surface area contributed by atoms with Gasteiger partial charge in [-0.25, -0.2) is 0 Å². The lowest BCUT2D eigenvalue weighted by atomic mass is 9.61. The van der Waals surface area contributed by atoms with Crippen molar-refractivity contribution < 1.29 is 20.4 Å². The molecule has 3 aromatic rings. The Morgan fingerprint density at radius 1 is 0.844 bits per heavy atom. The van der Waals surface area contributed by atoms with Gasteiger partial charge in [0.15, 0.2) is 0 Å². The van der Waals surface area contributed by atoms with E-state index in [1.165, 1.54) is 0 Å². The Morgan fingerprint density at radius 3 is 2.22 bits per heavy atom. The van der Waals surface area contributed by atoms with E-state index in [-0.39, 0.29) is 34.8 Å². The fourth-order valence-corrected chi connectivity index (χ4v) is 6.04. The van der Waals surface area contributed by atoms with E-state index in [1.807, 2.05) is 32.0 Å². The van der Waals surface area contributed by atoms with E-state index in [9.17, 15) is 20.4 Å². The predicted octanol–water partition coefficient (Wildman–Crippen LogP) is 6.50. The van der Waals surface area contributed by atoms with E-state index < -0.39 is 5.41 Å². The first-order valence-electron chi connectivity index (χ1n) is 11.3. The van der Waals surface area contributed by atoms with Crippen LogP contribution in [0.1, 0.15) is 78.3 Å². The van der Waals surface area contributed by atoms with Crippen molar-refractivity contribution >= 4 is 0 Å². The predicted molar refractivity (Wildman–Crippen MR) is 127 cm³/mol. The van der Waals surface area contributed by atoms with Crippen molar-refractivity contribution in [2.75, 3.05) is 0 Å². The molecule has 4 N–H and O–H groups in total. The summed E-state index contributed by atoms with van der Waals surface area (Å²) in [6.07, 6.45) is 2.38. The van der Waals surface area contributed by atoms with Gasteiger partial charge in [-0.05, 0) is 79.6 Å². The monoisotopic (exact) mass is 432 g/mol. The van der Waals surface area contributed by atoms with Gasteiger partial charge in [0.05, 0.1) is 0 Å². The van der Waals surface area contributed by atoms with Crippen molar-refractivity contribution in [3.63, 3.8) is 0 Å². The second-order valence-corrected chi connectivity index (χ2v) is 9.37. The van der Waals surface area contributed by atoms with Crippen LogP contribution in [0, 0.1) is 13.8 Å². The molecule has 3 unspecified atom stereocenters. The highest BCUT2D eigenvalue weighted by molar-refractivity contribution is 5.58. The summed E-state index contributed by atoms with van der Waals surface area (Å²) in [5, 5.41) is 43.0.